The molecule has 0 saturated heterocycles. The average molecular weight is 235 g/mol. The molecular weight excluding hydrogens is 221 g/mol. The zero-order valence-corrected chi connectivity index (χ0v) is 10.1. The number of carbonyl (C=O) groups excluding carboxylic acids is 1. The van der Waals surface area contributed by atoms with E-state index >= 15 is 0 Å². The topological polar surface area (TPSA) is 37.6 Å². The third-order valence-electron chi connectivity index (χ3n) is 2.68. The second-order valence-electron chi connectivity index (χ2n) is 4.01. The molecule has 0 aliphatic heterocycles. The second-order valence-corrected chi connectivity index (χ2v) is 4.01. The van der Waals surface area contributed by atoms with Gasteiger partial charge in [0.2, 0.25) is 6.41 Å². The first-order valence-electron chi connectivity index (χ1n) is 5.43. The number of amides is 1. The van der Waals surface area contributed by atoms with Crippen molar-refractivity contribution in [1.82, 2.24) is 9.38 Å². The Morgan fingerprint density at radius 3 is 2.88 bits per heavy atom. The Morgan fingerprint density at radius 1 is 1.59 bits per heavy atom. The van der Waals surface area contributed by atoms with E-state index in [4.69, 9.17) is 0 Å². The van der Waals surface area contributed by atoms with Gasteiger partial charge in [0.05, 0.1) is 5.69 Å². The molecule has 2 rings (SSSR count). The third-order valence-corrected chi connectivity index (χ3v) is 2.68. The first-order valence-corrected chi connectivity index (χ1v) is 5.43. The van der Waals surface area contributed by atoms with Crippen LogP contribution in [0.4, 0.5) is 10.2 Å². The minimum Gasteiger partial charge on any atom is -0.302 e. The van der Waals surface area contributed by atoms with Gasteiger partial charge in [0.15, 0.2) is 11.5 Å². The number of imidazole rings is 1. The maximum Gasteiger partial charge on any atom is 0.215 e. The molecule has 90 valence electrons. The molecule has 0 unspecified atom stereocenters. The Balaban J connectivity index is 2.82. The van der Waals surface area contributed by atoms with Crippen LogP contribution in [0.3, 0.4) is 0 Å². The molecule has 0 atom stereocenters. The van der Waals surface area contributed by atoms with Crippen molar-refractivity contribution in [2.75, 3.05) is 11.9 Å². The highest BCUT2D eigenvalue weighted by Crippen LogP contribution is 2.23. The van der Waals surface area contributed by atoms with E-state index in [-0.39, 0.29) is 11.5 Å². The van der Waals surface area contributed by atoms with E-state index in [0.29, 0.717) is 24.3 Å². The van der Waals surface area contributed by atoms with Gasteiger partial charge in [-0.05, 0) is 25.0 Å². The van der Waals surface area contributed by atoms with Gasteiger partial charge in [-0.15, -0.1) is 0 Å². The predicted octanol–water partition coefficient (Wildman–Crippen LogP) is 1.94. The van der Waals surface area contributed by atoms with Gasteiger partial charge in [-0.3, -0.25) is 9.20 Å². The van der Waals surface area contributed by atoms with Gasteiger partial charge in [-0.1, -0.05) is 6.92 Å². The molecule has 2 aromatic rings. The molecule has 0 radical (unpaired) electrons. The fourth-order valence-corrected chi connectivity index (χ4v) is 1.93. The van der Waals surface area contributed by atoms with Crippen molar-refractivity contribution in [3.05, 3.63) is 29.3 Å². The maximum atomic E-state index is 13.8. The average Bonchev–Trinajstić information content (AvgIpc) is 2.66. The van der Waals surface area contributed by atoms with Gasteiger partial charge in [0.25, 0.3) is 0 Å². The Labute approximate surface area is 98.7 Å². The minimum atomic E-state index is -0.370. The molecule has 0 aromatic carbocycles. The first kappa shape index (κ1) is 11.6. The molecule has 2 heterocycles. The van der Waals surface area contributed by atoms with Crippen molar-refractivity contribution < 1.29 is 9.18 Å². The molecule has 5 heteroatoms. The Hall–Kier alpha value is -1.91. The van der Waals surface area contributed by atoms with Crippen molar-refractivity contribution in [1.29, 1.82) is 0 Å². The number of aromatic nitrogens is 2. The summed E-state index contributed by atoms with van der Waals surface area (Å²) in [6.07, 6.45) is 3.12. The van der Waals surface area contributed by atoms with Crippen LogP contribution in [0.5, 0.6) is 0 Å². The SMILES string of the molecule is CCc1nc2c(F)cc(C)cn2c1N(C)C=O. The van der Waals surface area contributed by atoms with Crippen LogP contribution in [-0.2, 0) is 11.2 Å². The van der Waals surface area contributed by atoms with Crippen molar-refractivity contribution in [3.63, 3.8) is 0 Å². The van der Waals surface area contributed by atoms with Gasteiger partial charge in [-0.25, -0.2) is 9.37 Å². The molecule has 0 N–H and O–H groups in total. The summed E-state index contributed by atoms with van der Waals surface area (Å²) < 4.78 is 15.4. The molecule has 0 fully saturated rings. The Morgan fingerprint density at radius 2 is 2.29 bits per heavy atom. The van der Waals surface area contributed by atoms with E-state index in [1.54, 1.807) is 24.6 Å². The zero-order chi connectivity index (χ0) is 12.6. The lowest BCUT2D eigenvalue weighted by atomic mass is 10.3. The van der Waals surface area contributed by atoms with Gasteiger partial charge in [-0.2, -0.15) is 0 Å². The summed E-state index contributed by atoms with van der Waals surface area (Å²) in [6, 6.07) is 1.44. The summed E-state index contributed by atoms with van der Waals surface area (Å²) in [5.41, 5.74) is 1.76. The summed E-state index contributed by atoms with van der Waals surface area (Å²) in [4.78, 5) is 16.5. The van der Waals surface area contributed by atoms with Crippen LogP contribution in [0.2, 0.25) is 0 Å². The smallest absolute Gasteiger partial charge is 0.215 e. The van der Waals surface area contributed by atoms with Crippen molar-refractivity contribution in [2.45, 2.75) is 20.3 Å². The lowest BCUT2D eigenvalue weighted by Crippen LogP contribution is -2.17. The molecule has 0 spiro atoms. The van der Waals surface area contributed by atoms with Crippen LogP contribution in [0.25, 0.3) is 5.65 Å². The van der Waals surface area contributed by atoms with Crippen LogP contribution in [-0.4, -0.2) is 22.8 Å². The van der Waals surface area contributed by atoms with E-state index in [0.717, 1.165) is 5.56 Å². The van der Waals surface area contributed by atoms with Gasteiger partial charge >= 0.3 is 0 Å². The van der Waals surface area contributed by atoms with Crippen molar-refractivity contribution in [2.24, 2.45) is 0 Å². The number of fused-ring (bicyclic) bond motifs is 1. The maximum absolute atomic E-state index is 13.8. The lowest BCUT2D eigenvalue weighted by Gasteiger charge is -2.12. The van der Waals surface area contributed by atoms with Crippen LogP contribution in [0.15, 0.2) is 12.3 Å². The zero-order valence-electron chi connectivity index (χ0n) is 10.1. The molecule has 0 bridgehead atoms. The molecule has 0 aliphatic rings. The van der Waals surface area contributed by atoms with E-state index in [1.807, 2.05) is 6.92 Å². The predicted molar refractivity (Wildman–Crippen MR) is 63.7 cm³/mol. The number of halogens is 1. The van der Waals surface area contributed by atoms with Crippen molar-refractivity contribution in [3.8, 4) is 0 Å². The highest BCUT2D eigenvalue weighted by molar-refractivity contribution is 5.75. The minimum absolute atomic E-state index is 0.260. The highest BCUT2D eigenvalue weighted by Gasteiger charge is 2.17. The van der Waals surface area contributed by atoms with Crippen LogP contribution >= 0.6 is 0 Å². The van der Waals surface area contributed by atoms with Gasteiger partial charge in [0, 0.05) is 13.2 Å². The summed E-state index contributed by atoms with van der Waals surface area (Å²) in [5, 5.41) is 0. The Kier molecular flexibility index (Phi) is 2.83. The van der Waals surface area contributed by atoms with Gasteiger partial charge in [0.1, 0.15) is 5.82 Å². The van der Waals surface area contributed by atoms with E-state index < -0.39 is 0 Å². The monoisotopic (exact) mass is 235 g/mol. The fraction of sp³-hybridized carbons (Fsp3) is 0.333. The molecular formula is C12H14FN3O. The summed E-state index contributed by atoms with van der Waals surface area (Å²) in [5.74, 6) is 0.255. The highest BCUT2D eigenvalue weighted by atomic mass is 19.1. The quantitative estimate of drug-likeness (QED) is 0.762. The fourth-order valence-electron chi connectivity index (χ4n) is 1.93. The second kappa shape index (κ2) is 4.16. The number of carbonyl (C=O) groups is 1. The number of anilines is 1. The van der Waals surface area contributed by atoms with E-state index in [1.165, 1.54) is 11.0 Å². The van der Waals surface area contributed by atoms with Crippen molar-refractivity contribution >= 4 is 17.9 Å². The lowest BCUT2D eigenvalue weighted by molar-refractivity contribution is -0.107. The van der Waals surface area contributed by atoms with E-state index in [2.05, 4.69) is 4.98 Å². The molecule has 0 aliphatic carbocycles. The van der Waals surface area contributed by atoms with Crippen LogP contribution in [0, 0.1) is 12.7 Å². The van der Waals surface area contributed by atoms with Crippen LogP contribution < -0.4 is 4.90 Å². The number of nitrogens with zero attached hydrogens (tertiary/aromatic N) is 3. The molecule has 1 amide bonds. The number of aryl methyl sites for hydroxylation is 2. The molecule has 0 saturated carbocycles. The molecule has 4 nitrogen and oxygen atoms in total. The number of hydrogen-bond acceptors (Lipinski definition) is 2. The summed E-state index contributed by atoms with van der Waals surface area (Å²) in [6.45, 7) is 3.73. The number of hydrogen-bond donors (Lipinski definition) is 0. The Bertz CT molecular complexity index is 577. The standard InChI is InChI=1S/C12H14FN3O/c1-4-10-12(15(3)7-17)16-6-8(2)5-9(13)11(16)14-10/h5-7H,4H2,1-3H3. The molecule has 2 aromatic heterocycles. The van der Waals surface area contributed by atoms with Crippen LogP contribution in [0.1, 0.15) is 18.2 Å². The van der Waals surface area contributed by atoms with Gasteiger partial charge < -0.3 is 4.90 Å². The third kappa shape index (κ3) is 1.77. The number of pyridine rings is 1. The largest absolute Gasteiger partial charge is 0.302 e. The molecule has 17 heavy (non-hydrogen) atoms. The normalized spacial score (nSPS) is 10.8. The van der Waals surface area contributed by atoms with E-state index in [9.17, 15) is 9.18 Å². The first-order chi connectivity index (χ1) is 8.08. The summed E-state index contributed by atoms with van der Waals surface area (Å²) >= 11 is 0. The number of rotatable bonds is 3. The summed E-state index contributed by atoms with van der Waals surface area (Å²) in [7, 11) is 1.63.